The van der Waals surface area contributed by atoms with E-state index in [4.69, 9.17) is 5.73 Å². The summed E-state index contributed by atoms with van der Waals surface area (Å²) in [5.74, 6) is 0.861. The third-order valence-corrected chi connectivity index (χ3v) is 4.18. The average molecular weight is 402 g/mol. The van der Waals surface area contributed by atoms with Gasteiger partial charge in [-0.25, -0.2) is 14.6 Å². The Morgan fingerprint density at radius 3 is 2.92 bits per heavy atom. The Hall–Kier alpha value is -2.81. The number of hydrogen-bond acceptors (Lipinski definition) is 6. The summed E-state index contributed by atoms with van der Waals surface area (Å²) in [5, 5.41) is 10.9. The lowest BCUT2D eigenvalue weighted by Crippen LogP contribution is -2.23. The standard InChI is InChI=1S/C16H16BrN7O/c1-10-19-6-11(15(18)21-10)8-24-9-12(22-23-24)7-20-16(25)13-4-2-3-5-14(13)17/h2-6,9H,7-8H2,1H3,(H,20,25)(H2,18,19,21). The molecule has 0 aliphatic carbocycles. The van der Waals surface area contributed by atoms with Crippen LogP contribution in [0.3, 0.4) is 0 Å². The van der Waals surface area contributed by atoms with Gasteiger partial charge in [0.15, 0.2) is 0 Å². The van der Waals surface area contributed by atoms with E-state index in [-0.39, 0.29) is 12.5 Å². The van der Waals surface area contributed by atoms with Gasteiger partial charge >= 0.3 is 0 Å². The van der Waals surface area contributed by atoms with Crippen molar-refractivity contribution in [3.8, 4) is 0 Å². The first-order chi connectivity index (χ1) is 12.0. The molecule has 0 unspecified atom stereocenters. The fourth-order valence-corrected chi connectivity index (χ4v) is 2.68. The van der Waals surface area contributed by atoms with E-state index in [2.05, 4.69) is 41.5 Å². The minimum Gasteiger partial charge on any atom is -0.383 e. The second kappa shape index (κ2) is 7.39. The Morgan fingerprint density at radius 2 is 2.16 bits per heavy atom. The van der Waals surface area contributed by atoms with Crippen LogP contribution in [0.25, 0.3) is 0 Å². The van der Waals surface area contributed by atoms with Crippen LogP contribution in [0.5, 0.6) is 0 Å². The van der Waals surface area contributed by atoms with Gasteiger partial charge in [-0.05, 0) is 35.0 Å². The minimum atomic E-state index is -0.182. The summed E-state index contributed by atoms with van der Waals surface area (Å²) in [7, 11) is 0. The molecular weight excluding hydrogens is 386 g/mol. The zero-order chi connectivity index (χ0) is 17.8. The average Bonchev–Trinajstić information content (AvgIpc) is 3.03. The summed E-state index contributed by atoms with van der Waals surface area (Å²) in [6, 6.07) is 7.23. The van der Waals surface area contributed by atoms with Crippen LogP contribution < -0.4 is 11.1 Å². The number of aromatic nitrogens is 5. The van der Waals surface area contributed by atoms with E-state index < -0.39 is 0 Å². The Kier molecular flexibility index (Phi) is 5.03. The molecule has 0 aliphatic heterocycles. The van der Waals surface area contributed by atoms with Crippen molar-refractivity contribution in [3.63, 3.8) is 0 Å². The third kappa shape index (κ3) is 4.18. The molecule has 1 aromatic carbocycles. The smallest absolute Gasteiger partial charge is 0.252 e. The largest absolute Gasteiger partial charge is 0.383 e. The first kappa shape index (κ1) is 17.0. The van der Waals surface area contributed by atoms with Gasteiger partial charge in [0.2, 0.25) is 0 Å². The Bertz CT molecular complexity index is 909. The second-order valence-corrected chi connectivity index (χ2v) is 6.25. The number of amides is 1. The van der Waals surface area contributed by atoms with Crippen molar-refractivity contribution in [2.24, 2.45) is 0 Å². The summed E-state index contributed by atoms with van der Waals surface area (Å²) >= 11 is 3.36. The summed E-state index contributed by atoms with van der Waals surface area (Å²) in [6.07, 6.45) is 3.42. The minimum absolute atomic E-state index is 0.182. The molecule has 1 amide bonds. The molecule has 0 atom stereocenters. The van der Waals surface area contributed by atoms with Gasteiger partial charge in [0.1, 0.15) is 17.3 Å². The van der Waals surface area contributed by atoms with Crippen LogP contribution in [-0.4, -0.2) is 30.9 Å². The number of aryl methyl sites for hydroxylation is 1. The Balaban J connectivity index is 1.62. The monoisotopic (exact) mass is 401 g/mol. The molecule has 128 valence electrons. The lowest BCUT2D eigenvalue weighted by atomic mass is 10.2. The molecule has 0 aliphatic rings. The first-order valence-corrected chi connectivity index (χ1v) is 8.32. The Morgan fingerprint density at radius 1 is 1.36 bits per heavy atom. The molecular formula is C16H16BrN7O. The van der Waals surface area contributed by atoms with Gasteiger partial charge in [0.05, 0.1) is 24.8 Å². The fourth-order valence-electron chi connectivity index (χ4n) is 2.22. The van der Waals surface area contributed by atoms with Crippen molar-refractivity contribution < 1.29 is 4.79 Å². The van der Waals surface area contributed by atoms with Gasteiger partial charge in [-0.3, -0.25) is 4.79 Å². The molecule has 2 heterocycles. The molecule has 9 heteroatoms. The van der Waals surface area contributed by atoms with E-state index in [1.807, 2.05) is 18.2 Å². The van der Waals surface area contributed by atoms with E-state index in [0.717, 1.165) is 10.0 Å². The molecule has 2 aromatic heterocycles. The van der Waals surface area contributed by atoms with Crippen molar-refractivity contribution in [2.45, 2.75) is 20.0 Å². The first-order valence-electron chi connectivity index (χ1n) is 7.52. The molecule has 0 bridgehead atoms. The van der Waals surface area contributed by atoms with E-state index in [0.29, 0.717) is 29.4 Å². The molecule has 0 radical (unpaired) electrons. The highest BCUT2D eigenvalue weighted by Gasteiger charge is 2.10. The molecule has 3 rings (SSSR count). The van der Waals surface area contributed by atoms with Crippen molar-refractivity contribution >= 4 is 27.7 Å². The van der Waals surface area contributed by atoms with Crippen LogP contribution in [0.4, 0.5) is 5.82 Å². The number of nitrogens with one attached hydrogen (secondary N) is 1. The van der Waals surface area contributed by atoms with E-state index in [9.17, 15) is 4.79 Å². The summed E-state index contributed by atoms with van der Waals surface area (Å²) < 4.78 is 2.37. The van der Waals surface area contributed by atoms with Crippen LogP contribution in [-0.2, 0) is 13.1 Å². The maximum Gasteiger partial charge on any atom is 0.252 e. The topological polar surface area (TPSA) is 112 Å². The molecule has 0 saturated carbocycles. The number of carbonyl (C=O) groups is 1. The second-order valence-electron chi connectivity index (χ2n) is 5.40. The van der Waals surface area contributed by atoms with Crippen molar-refractivity contribution in [3.05, 3.63) is 63.8 Å². The van der Waals surface area contributed by atoms with E-state index in [1.54, 1.807) is 30.1 Å². The lowest BCUT2D eigenvalue weighted by molar-refractivity contribution is 0.0949. The van der Waals surface area contributed by atoms with Crippen molar-refractivity contribution in [1.82, 2.24) is 30.3 Å². The fraction of sp³-hybridized carbons (Fsp3) is 0.188. The summed E-state index contributed by atoms with van der Waals surface area (Å²) in [4.78, 5) is 20.4. The molecule has 0 spiro atoms. The van der Waals surface area contributed by atoms with Gasteiger partial charge in [0, 0.05) is 16.2 Å². The van der Waals surface area contributed by atoms with Crippen molar-refractivity contribution in [1.29, 1.82) is 0 Å². The van der Waals surface area contributed by atoms with Crippen molar-refractivity contribution in [2.75, 3.05) is 5.73 Å². The highest BCUT2D eigenvalue weighted by Crippen LogP contribution is 2.15. The van der Waals surface area contributed by atoms with Crippen LogP contribution in [0.15, 0.2) is 41.1 Å². The summed E-state index contributed by atoms with van der Waals surface area (Å²) in [6.45, 7) is 2.47. The number of hydrogen-bond donors (Lipinski definition) is 2. The van der Waals surface area contributed by atoms with Gasteiger partial charge in [0.25, 0.3) is 5.91 Å². The predicted molar refractivity (Wildman–Crippen MR) is 95.6 cm³/mol. The van der Waals surface area contributed by atoms with Gasteiger partial charge in [-0.1, -0.05) is 17.3 Å². The molecule has 3 aromatic rings. The Labute approximate surface area is 152 Å². The van der Waals surface area contributed by atoms with Crippen LogP contribution in [0.1, 0.15) is 27.4 Å². The highest BCUT2D eigenvalue weighted by molar-refractivity contribution is 9.10. The van der Waals surface area contributed by atoms with Gasteiger partial charge in [-0.15, -0.1) is 5.10 Å². The quantitative estimate of drug-likeness (QED) is 0.672. The van der Waals surface area contributed by atoms with Crippen LogP contribution in [0, 0.1) is 6.92 Å². The highest BCUT2D eigenvalue weighted by atomic mass is 79.9. The zero-order valence-corrected chi connectivity index (χ0v) is 15.1. The normalized spacial score (nSPS) is 10.6. The molecule has 0 saturated heterocycles. The molecule has 25 heavy (non-hydrogen) atoms. The number of nitrogens with two attached hydrogens (primary N) is 1. The maximum absolute atomic E-state index is 12.2. The summed E-state index contributed by atoms with van der Waals surface area (Å²) in [5.41, 5.74) is 7.86. The number of nitrogen functional groups attached to an aromatic ring is 1. The van der Waals surface area contributed by atoms with E-state index >= 15 is 0 Å². The number of benzene rings is 1. The zero-order valence-electron chi connectivity index (χ0n) is 13.5. The number of halogens is 1. The van der Waals surface area contributed by atoms with Crippen LogP contribution >= 0.6 is 15.9 Å². The third-order valence-electron chi connectivity index (χ3n) is 3.49. The molecule has 8 nitrogen and oxygen atoms in total. The number of rotatable bonds is 5. The van der Waals surface area contributed by atoms with Gasteiger partial charge in [-0.2, -0.15) is 0 Å². The van der Waals surface area contributed by atoms with E-state index in [1.165, 1.54) is 0 Å². The number of anilines is 1. The molecule has 3 N–H and O–H groups in total. The number of carbonyl (C=O) groups excluding carboxylic acids is 1. The maximum atomic E-state index is 12.2. The van der Waals surface area contributed by atoms with Gasteiger partial charge < -0.3 is 11.1 Å². The van der Waals surface area contributed by atoms with Crippen LogP contribution in [0.2, 0.25) is 0 Å². The number of nitrogens with zero attached hydrogens (tertiary/aromatic N) is 5. The molecule has 0 fully saturated rings. The predicted octanol–water partition coefficient (Wildman–Crippen LogP) is 1.70. The lowest BCUT2D eigenvalue weighted by Gasteiger charge is -2.05. The SMILES string of the molecule is Cc1ncc(Cn2cc(CNC(=O)c3ccccc3Br)nn2)c(N)n1.